The average molecular weight is 537 g/mol. The van der Waals surface area contributed by atoms with Crippen molar-refractivity contribution < 1.29 is 50.7 Å². The van der Waals surface area contributed by atoms with Crippen LogP contribution >= 0.6 is 0 Å². The fourth-order valence-electron chi connectivity index (χ4n) is 2.81. The largest absolute Gasteiger partial charge is 4.00 e. The van der Waals surface area contributed by atoms with Gasteiger partial charge in [-0.25, -0.2) is 11.6 Å². The molecule has 1 aliphatic rings. The molecule has 1 heterocycles. The Morgan fingerprint density at radius 3 is 2.24 bits per heavy atom. The fourth-order valence-corrected chi connectivity index (χ4v) is 2.81. The molecule has 0 unspecified atom stereocenters. The first-order valence-corrected chi connectivity index (χ1v) is 7.69. The number of aryl methyl sites for hydroxylation is 2. The third-order valence-electron chi connectivity index (χ3n) is 3.90. The number of nitrogens with zero attached hydrogens (tertiary/aromatic N) is 1. The summed E-state index contributed by atoms with van der Waals surface area (Å²) in [5.41, 5.74) is 5.12. The minimum atomic E-state index is 0. The van der Waals surface area contributed by atoms with Gasteiger partial charge in [-0.2, -0.15) is 6.08 Å². The van der Waals surface area contributed by atoms with E-state index in [1.165, 1.54) is 33.3 Å². The summed E-state index contributed by atoms with van der Waals surface area (Å²) in [5.74, 6) is 0. The maximum absolute atomic E-state index is 3.12. The number of hydrogen-bond donors (Lipinski definition) is 0. The van der Waals surface area contributed by atoms with Crippen molar-refractivity contribution in [2.24, 2.45) is 0 Å². The first kappa shape index (κ1) is 24.0. The van der Waals surface area contributed by atoms with Crippen LogP contribution in [-0.4, -0.2) is 4.57 Å². The Morgan fingerprint density at radius 1 is 1.04 bits per heavy atom. The predicted molar refractivity (Wildman–Crippen MR) is 94.5 cm³/mol. The van der Waals surface area contributed by atoms with Crippen LogP contribution in [0.5, 0.6) is 0 Å². The van der Waals surface area contributed by atoms with Gasteiger partial charge in [0.2, 0.25) is 0 Å². The van der Waals surface area contributed by atoms with E-state index in [0.29, 0.717) is 0 Å². The molecule has 1 nitrogen and oxygen atoms in total. The normalized spacial score (nSPS) is 11.6. The second kappa shape index (κ2) is 10.9. The standard InChI is InChI=1S/C15H14N.C6H7.2ClH.Hf/c1-11-7-12(2)16(10-11)15-8-13-5-3-4-6-14(13)9-15;1-6-4-2-3-5-6;;;/h3-10H,1-2H3;2,4H,3H2,1H3;2*1H;/q2*-1;;;+4/p-2. The van der Waals surface area contributed by atoms with Gasteiger partial charge in [0.25, 0.3) is 0 Å². The van der Waals surface area contributed by atoms with Gasteiger partial charge in [0, 0.05) is 11.9 Å². The summed E-state index contributed by atoms with van der Waals surface area (Å²) < 4.78 is 2.25. The van der Waals surface area contributed by atoms with Gasteiger partial charge in [0.05, 0.1) is 0 Å². The van der Waals surface area contributed by atoms with E-state index < -0.39 is 0 Å². The van der Waals surface area contributed by atoms with E-state index in [-0.39, 0.29) is 50.7 Å². The molecule has 0 aliphatic heterocycles. The molecule has 1 aromatic heterocycles. The van der Waals surface area contributed by atoms with Gasteiger partial charge >= 0.3 is 25.8 Å². The van der Waals surface area contributed by atoms with Crippen LogP contribution in [0.25, 0.3) is 16.5 Å². The van der Waals surface area contributed by atoms with Crippen LogP contribution in [0.3, 0.4) is 0 Å². The van der Waals surface area contributed by atoms with Crippen molar-refractivity contribution in [1.29, 1.82) is 0 Å². The Labute approximate surface area is 181 Å². The summed E-state index contributed by atoms with van der Waals surface area (Å²) >= 11 is 0. The number of benzene rings is 1. The van der Waals surface area contributed by atoms with E-state index in [1.54, 1.807) is 0 Å². The van der Waals surface area contributed by atoms with Crippen LogP contribution in [0.1, 0.15) is 24.6 Å². The number of aromatic nitrogens is 1. The summed E-state index contributed by atoms with van der Waals surface area (Å²) in [6.07, 6.45) is 10.5. The number of halogens is 2. The van der Waals surface area contributed by atoms with E-state index >= 15 is 0 Å². The first-order chi connectivity index (χ1) is 10.6. The molecule has 0 atom stereocenters. The van der Waals surface area contributed by atoms with Crippen LogP contribution in [0.4, 0.5) is 0 Å². The summed E-state index contributed by atoms with van der Waals surface area (Å²) in [5, 5.41) is 2.62. The van der Waals surface area contributed by atoms with Crippen LogP contribution in [0, 0.1) is 19.9 Å². The van der Waals surface area contributed by atoms with Crippen molar-refractivity contribution in [1.82, 2.24) is 4.57 Å². The zero-order chi connectivity index (χ0) is 15.5. The smallest absolute Gasteiger partial charge is 1.00 e. The van der Waals surface area contributed by atoms with Gasteiger partial charge in [0.1, 0.15) is 0 Å². The molecule has 25 heavy (non-hydrogen) atoms. The minimum absolute atomic E-state index is 0. The molecule has 2 aromatic carbocycles. The summed E-state index contributed by atoms with van der Waals surface area (Å²) in [6.45, 7) is 6.33. The van der Waals surface area contributed by atoms with Crippen molar-refractivity contribution in [3.8, 4) is 5.69 Å². The predicted octanol–water partition coefficient (Wildman–Crippen LogP) is -0.332. The molecule has 0 N–H and O–H groups in total. The topological polar surface area (TPSA) is 4.93 Å². The van der Waals surface area contributed by atoms with Crippen LogP contribution < -0.4 is 24.8 Å². The van der Waals surface area contributed by atoms with E-state index in [0.717, 1.165) is 6.42 Å². The van der Waals surface area contributed by atoms with Gasteiger partial charge in [-0.1, -0.05) is 13.0 Å². The van der Waals surface area contributed by atoms with E-state index in [1.807, 2.05) is 0 Å². The molecule has 0 spiro atoms. The van der Waals surface area contributed by atoms with Gasteiger partial charge in [0.15, 0.2) is 0 Å². The number of allylic oxidation sites excluding steroid dienone is 4. The Morgan fingerprint density at radius 2 is 1.76 bits per heavy atom. The second-order valence-electron chi connectivity index (χ2n) is 5.84. The molecule has 4 heteroatoms. The molecule has 4 rings (SSSR count). The maximum atomic E-state index is 3.12. The summed E-state index contributed by atoms with van der Waals surface area (Å²) in [6, 6.07) is 15.2. The SMILES string of the molecule is CC1=[C-]CC=C1.Cc1cc(C)n(-c2cc3ccccc3[cH-]2)c1.[Cl-].[Cl-].[Hf+4]. The summed E-state index contributed by atoms with van der Waals surface area (Å²) in [4.78, 5) is 0. The van der Waals surface area contributed by atoms with Gasteiger partial charge in [-0.15, -0.1) is 47.5 Å². The molecule has 0 saturated carbocycles. The molecular formula is C21H21Cl2HfN. The molecule has 3 aromatic rings. The molecule has 1 aliphatic carbocycles. The third-order valence-corrected chi connectivity index (χ3v) is 3.90. The van der Waals surface area contributed by atoms with Crippen molar-refractivity contribution in [3.05, 3.63) is 83.7 Å². The van der Waals surface area contributed by atoms with Crippen LogP contribution in [-0.2, 0) is 25.8 Å². The third kappa shape index (κ3) is 6.06. The zero-order valence-corrected chi connectivity index (χ0v) is 19.8. The van der Waals surface area contributed by atoms with Crippen molar-refractivity contribution in [2.45, 2.75) is 27.2 Å². The monoisotopic (exact) mass is 537 g/mol. The van der Waals surface area contributed by atoms with Crippen LogP contribution in [0.15, 0.2) is 66.4 Å². The van der Waals surface area contributed by atoms with E-state index in [2.05, 4.69) is 92.2 Å². The van der Waals surface area contributed by atoms with Crippen LogP contribution in [0.2, 0.25) is 0 Å². The van der Waals surface area contributed by atoms with E-state index in [9.17, 15) is 0 Å². The average Bonchev–Trinajstić information content (AvgIpc) is 3.19. The number of rotatable bonds is 1. The molecule has 0 radical (unpaired) electrons. The molecule has 128 valence electrons. The van der Waals surface area contributed by atoms with Gasteiger partial charge < -0.3 is 29.4 Å². The summed E-state index contributed by atoms with van der Waals surface area (Å²) in [7, 11) is 0. The Balaban J connectivity index is 0.000000556. The zero-order valence-electron chi connectivity index (χ0n) is 14.7. The Hall–Kier alpha value is -0.960. The van der Waals surface area contributed by atoms with E-state index in [4.69, 9.17) is 0 Å². The number of hydrogen-bond acceptors (Lipinski definition) is 0. The maximum Gasteiger partial charge on any atom is 4.00 e. The quantitative estimate of drug-likeness (QED) is 0.297. The Bertz CT molecular complexity index is 820. The molecule has 0 bridgehead atoms. The van der Waals surface area contributed by atoms with Crippen molar-refractivity contribution in [2.75, 3.05) is 0 Å². The fraction of sp³-hybridized carbons (Fsp3) is 0.190. The minimum Gasteiger partial charge on any atom is -1.00 e. The number of fused-ring (bicyclic) bond motifs is 1. The molecular weight excluding hydrogens is 516 g/mol. The molecule has 0 fully saturated rings. The Kier molecular flexibility index (Phi) is 10.5. The van der Waals surface area contributed by atoms with Gasteiger partial charge in [-0.3, -0.25) is 6.08 Å². The second-order valence-corrected chi connectivity index (χ2v) is 5.84. The molecule has 0 amide bonds. The van der Waals surface area contributed by atoms with Gasteiger partial charge in [-0.05, 0) is 31.2 Å². The van der Waals surface area contributed by atoms with Crippen molar-refractivity contribution >= 4 is 10.8 Å². The first-order valence-electron chi connectivity index (χ1n) is 7.69. The molecule has 0 saturated heterocycles. The van der Waals surface area contributed by atoms with Crippen molar-refractivity contribution in [3.63, 3.8) is 0 Å².